The maximum Gasteiger partial charge on any atom is 0.179 e. The molecule has 4 nitrogen and oxygen atoms in total. The molecule has 1 aliphatic rings. The zero-order chi connectivity index (χ0) is 21.6. The zero-order valence-corrected chi connectivity index (χ0v) is 18.5. The van der Waals surface area contributed by atoms with Crippen molar-refractivity contribution in [3.05, 3.63) is 52.5 Å². The van der Waals surface area contributed by atoms with Gasteiger partial charge in [0.1, 0.15) is 22.9 Å². The summed E-state index contributed by atoms with van der Waals surface area (Å²) in [6, 6.07) is 11.5. The molecule has 2 aromatic carbocycles. The second-order valence-corrected chi connectivity index (χ2v) is 8.81. The van der Waals surface area contributed by atoms with Crippen LogP contribution in [0.25, 0.3) is 11.1 Å². The highest BCUT2D eigenvalue weighted by Gasteiger charge is 2.53. The van der Waals surface area contributed by atoms with Crippen LogP contribution < -0.4 is 4.74 Å². The molecule has 1 heterocycles. The smallest absolute Gasteiger partial charge is 0.179 e. The van der Waals surface area contributed by atoms with E-state index in [0.29, 0.717) is 17.2 Å². The van der Waals surface area contributed by atoms with E-state index in [1.54, 1.807) is 34.8 Å². The fraction of sp³-hybridized carbons (Fsp3) is 0.417. The molecule has 0 bridgehead atoms. The topological polar surface area (TPSA) is 52.6 Å². The SMILES string of the molecule is CCc1cc(-c2ccc(OC)c(Cl)c2)ccc1C1C(=O)C(C)(C)OC(C)(C)C1=O. The third-order valence-corrected chi connectivity index (χ3v) is 5.84. The van der Waals surface area contributed by atoms with E-state index in [9.17, 15) is 9.59 Å². The highest BCUT2D eigenvalue weighted by Crippen LogP contribution is 2.40. The number of ether oxygens (including phenoxy) is 2. The van der Waals surface area contributed by atoms with Gasteiger partial charge in [-0.25, -0.2) is 0 Å². The fourth-order valence-electron chi connectivity index (χ4n) is 4.05. The molecule has 0 atom stereocenters. The lowest BCUT2D eigenvalue weighted by atomic mass is 9.73. The minimum Gasteiger partial charge on any atom is -0.495 e. The lowest BCUT2D eigenvalue weighted by molar-refractivity contribution is -0.184. The number of carbonyl (C=O) groups is 2. The molecule has 0 amide bonds. The van der Waals surface area contributed by atoms with Gasteiger partial charge in [0.15, 0.2) is 11.6 Å². The number of benzene rings is 2. The van der Waals surface area contributed by atoms with E-state index in [0.717, 1.165) is 22.3 Å². The first-order valence-corrected chi connectivity index (χ1v) is 10.1. The molecule has 0 unspecified atom stereocenters. The number of aryl methyl sites for hydroxylation is 1. The molecule has 0 N–H and O–H groups in total. The monoisotopic (exact) mass is 414 g/mol. The quantitative estimate of drug-likeness (QED) is 0.629. The summed E-state index contributed by atoms with van der Waals surface area (Å²) in [6.45, 7) is 8.95. The molecule has 0 saturated carbocycles. The number of halogens is 1. The van der Waals surface area contributed by atoms with Crippen molar-refractivity contribution >= 4 is 23.2 Å². The molecular weight excluding hydrogens is 388 g/mol. The van der Waals surface area contributed by atoms with Gasteiger partial charge in [-0.2, -0.15) is 0 Å². The third-order valence-electron chi connectivity index (χ3n) is 5.54. The predicted octanol–water partition coefficient (Wildman–Crippen LogP) is 5.39. The fourth-order valence-corrected chi connectivity index (χ4v) is 4.31. The molecule has 0 aliphatic carbocycles. The third kappa shape index (κ3) is 3.84. The molecular formula is C24H27ClO4. The molecule has 0 radical (unpaired) electrons. The summed E-state index contributed by atoms with van der Waals surface area (Å²) < 4.78 is 11.0. The Balaban J connectivity index is 2.08. The van der Waals surface area contributed by atoms with Crippen LogP contribution in [-0.2, 0) is 20.7 Å². The van der Waals surface area contributed by atoms with Gasteiger partial charge in [0.2, 0.25) is 0 Å². The average Bonchev–Trinajstić information content (AvgIpc) is 2.66. The summed E-state index contributed by atoms with van der Waals surface area (Å²) in [5.74, 6) is -0.601. The molecule has 0 spiro atoms. The maximum absolute atomic E-state index is 13.1. The number of hydrogen-bond donors (Lipinski definition) is 0. The highest BCUT2D eigenvalue weighted by molar-refractivity contribution is 6.32. The standard InChI is InChI=1S/C24H27ClO4/c1-7-14-12-15(16-9-11-19(28-6)18(25)13-16)8-10-17(14)20-21(26)23(2,3)29-24(4,5)22(20)27/h8-13,20H,7H2,1-6H3. The van der Waals surface area contributed by atoms with E-state index in [1.165, 1.54) is 0 Å². The number of ketones is 2. The van der Waals surface area contributed by atoms with Gasteiger partial charge in [0.05, 0.1) is 12.1 Å². The van der Waals surface area contributed by atoms with Crippen LogP contribution in [0.5, 0.6) is 5.75 Å². The van der Waals surface area contributed by atoms with Crippen molar-refractivity contribution in [1.82, 2.24) is 0 Å². The molecule has 2 aromatic rings. The minimum absolute atomic E-state index is 0.197. The molecule has 1 saturated heterocycles. The van der Waals surface area contributed by atoms with Crippen LogP contribution in [0.1, 0.15) is 51.7 Å². The van der Waals surface area contributed by atoms with E-state index in [1.807, 2.05) is 43.3 Å². The Morgan fingerprint density at radius 2 is 1.52 bits per heavy atom. The van der Waals surface area contributed by atoms with Gasteiger partial charge in [-0.3, -0.25) is 9.59 Å². The number of carbonyl (C=O) groups excluding carboxylic acids is 2. The zero-order valence-electron chi connectivity index (χ0n) is 17.8. The Labute approximate surface area is 177 Å². The van der Waals surface area contributed by atoms with Crippen molar-refractivity contribution in [2.24, 2.45) is 0 Å². The largest absolute Gasteiger partial charge is 0.495 e. The van der Waals surface area contributed by atoms with Crippen LogP contribution in [0, 0.1) is 0 Å². The first-order valence-electron chi connectivity index (χ1n) is 9.77. The Kier molecular flexibility index (Phi) is 5.63. The van der Waals surface area contributed by atoms with E-state index in [4.69, 9.17) is 21.1 Å². The normalized spacial score (nSPS) is 18.7. The predicted molar refractivity (Wildman–Crippen MR) is 115 cm³/mol. The molecule has 0 aromatic heterocycles. The van der Waals surface area contributed by atoms with Crippen molar-refractivity contribution in [3.8, 4) is 16.9 Å². The first-order chi connectivity index (χ1) is 13.5. The second kappa shape index (κ2) is 7.58. The lowest BCUT2D eigenvalue weighted by Crippen LogP contribution is -2.58. The maximum atomic E-state index is 13.1. The number of hydrogen-bond acceptors (Lipinski definition) is 4. The van der Waals surface area contributed by atoms with E-state index >= 15 is 0 Å². The van der Waals surface area contributed by atoms with Crippen LogP contribution >= 0.6 is 11.6 Å². The number of Topliss-reactive ketones (excluding diaryl/α,β-unsaturated/α-hetero) is 2. The molecule has 1 fully saturated rings. The van der Waals surface area contributed by atoms with E-state index in [-0.39, 0.29) is 11.6 Å². The molecule has 154 valence electrons. The van der Waals surface area contributed by atoms with Crippen LogP contribution in [-0.4, -0.2) is 29.9 Å². The Hall–Kier alpha value is -2.17. The molecule has 5 heteroatoms. The highest BCUT2D eigenvalue weighted by atomic mass is 35.5. The second-order valence-electron chi connectivity index (χ2n) is 8.40. The van der Waals surface area contributed by atoms with Gasteiger partial charge < -0.3 is 9.47 Å². The van der Waals surface area contributed by atoms with Gasteiger partial charge in [-0.15, -0.1) is 0 Å². The van der Waals surface area contributed by atoms with Gasteiger partial charge in [0, 0.05) is 0 Å². The van der Waals surface area contributed by atoms with Crippen LogP contribution in [0.15, 0.2) is 36.4 Å². The summed E-state index contributed by atoms with van der Waals surface area (Å²) in [5.41, 5.74) is 1.61. The van der Waals surface area contributed by atoms with E-state index < -0.39 is 17.1 Å². The average molecular weight is 415 g/mol. The van der Waals surface area contributed by atoms with Crippen molar-refractivity contribution in [2.45, 2.75) is 58.2 Å². The van der Waals surface area contributed by atoms with Crippen LogP contribution in [0.3, 0.4) is 0 Å². The Morgan fingerprint density at radius 3 is 2.03 bits per heavy atom. The van der Waals surface area contributed by atoms with Gasteiger partial charge in [-0.05, 0) is 68.5 Å². The lowest BCUT2D eigenvalue weighted by Gasteiger charge is -2.43. The summed E-state index contributed by atoms with van der Waals surface area (Å²) in [5, 5.41) is 0.533. The summed E-state index contributed by atoms with van der Waals surface area (Å²) in [7, 11) is 1.58. The molecule has 3 rings (SSSR count). The van der Waals surface area contributed by atoms with Crippen molar-refractivity contribution in [1.29, 1.82) is 0 Å². The van der Waals surface area contributed by atoms with Crippen molar-refractivity contribution in [2.75, 3.05) is 7.11 Å². The molecule has 29 heavy (non-hydrogen) atoms. The number of methoxy groups -OCH3 is 1. The van der Waals surface area contributed by atoms with Crippen molar-refractivity contribution in [3.63, 3.8) is 0 Å². The van der Waals surface area contributed by atoms with Gasteiger partial charge >= 0.3 is 0 Å². The summed E-state index contributed by atoms with van der Waals surface area (Å²) in [6.07, 6.45) is 0.700. The van der Waals surface area contributed by atoms with Crippen LogP contribution in [0.4, 0.5) is 0 Å². The van der Waals surface area contributed by atoms with Crippen LogP contribution in [0.2, 0.25) is 5.02 Å². The summed E-state index contributed by atoms with van der Waals surface area (Å²) in [4.78, 5) is 26.2. The molecule has 1 aliphatic heterocycles. The van der Waals surface area contributed by atoms with E-state index in [2.05, 4.69) is 0 Å². The Morgan fingerprint density at radius 1 is 0.966 bits per heavy atom. The number of rotatable bonds is 4. The van der Waals surface area contributed by atoms with Gasteiger partial charge in [-0.1, -0.05) is 42.8 Å². The first kappa shape index (κ1) is 21.5. The van der Waals surface area contributed by atoms with Gasteiger partial charge in [0.25, 0.3) is 0 Å². The minimum atomic E-state index is -1.02. The summed E-state index contributed by atoms with van der Waals surface area (Å²) >= 11 is 6.28. The van der Waals surface area contributed by atoms with Crippen molar-refractivity contribution < 1.29 is 19.1 Å². The Bertz CT molecular complexity index is 949.